The van der Waals surface area contributed by atoms with Crippen LogP contribution in [0.25, 0.3) is 0 Å². The van der Waals surface area contributed by atoms with Crippen molar-refractivity contribution in [2.24, 2.45) is 4.99 Å². The molecule has 2 rings (SSSR count). The number of thiophene rings is 1. The Morgan fingerprint density at radius 1 is 1.33 bits per heavy atom. The van der Waals surface area contributed by atoms with Gasteiger partial charge in [-0.3, -0.25) is 0 Å². The van der Waals surface area contributed by atoms with Gasteiger partial charge in [0.15, 0.2) is 5.96 Å². The third kappa shape index (κ3) is 6.84. The molecule has 2 N–H and O–H groups in total. The summed E-state index contributed by atoms with van der Waals surface area (Å²) in [6, 6.07) is 8.02. The van der Waals surface area contributed by atoms with Gasteiger partial charge in [0.1, 0.15) is 5.76 Å². The molecule has 0 aliphatic carbocycles. The van der Waals surface area contributed by atoms with Crippen LogP contribution in [0.1, 0.15) is 17.6 Å². The third-order valence-corrected chi connectivity index (χ3v) is 4.22. The summed E-state index contributed by atoms with van der Waals surface area (Å²) in [7, 11) is 0. The molecule has 21 heavy (non-hydrogen) atoms. The van der Waals surface area contributed by atoms with Crippen LogP contribution in [0.2, 0.25) is 0 Å². The number of guanidine groups is 1. The molecular formula is C14H19BrIN3OS. The Labute approximate surface area is 154 Å². The van der Waals surface area contributed by atoms with Crippen LogP contribution in [0.3, 0.4) is 0 Å². The lowest BCUT2D eigenvalue weighted by Gasteiger charge is -2.10. The molecule has 0 aliphatic heterocycles. The van der Waals surface area contributed by atoms with Crippen molar-refractivity contribution in [1.29, 1.82) is 0 Å². The monoisotopic (exact) mass is 483 g/mol. The predicted molar refractivity (Wildman–Crippen MR) is 103 cm³/mol. The maximum absolute atomic E-state index is 5.30. The van der Waals surface area contributed by atoms with Crippen LogP contribution in [-0.4, -0.2) is 19.0 Å². The van der Waals surface area contributed by atoms with E-state index in [9.17, 15) is 0 Å². The predicted octanol–water partition coefficient (Wildman–Crippen LogP) is 4.02. The summed E-state index contributed by atoms with van der Waals surface area (Å²) in [6.45, 7) is 4.39. The van der Waals surface area contributed by atoms with Crippen LogP contribution in [0.5, 0.6) is 0 Å². The van der Waals surface area contributed by atoms with Gasteiger partial charge in [0.05, 0.1) is 16.6 Å². The van der Waals surface area contributed by atoms with E-state index < -0.39 is 0 Å². The number of furan rings is 1. The fourth-order valence-electron chi connectivity index (χ4n) is 1.69. The van der Waals surface area contributed by atoms with E-state index in [1.165, 1.54) is 4.88 Å². The minimum absolute atomic E-state index is 0. The fraction of sp³-hybridized carbons (Fsp3) is 0.357. The zero-order chi connectivity index (χ0) is 14.2. The van der Waals surface area contributed by atoms with Gasteiger partial charge in [0.25, 0.3) is 0 Å². The van der Waals surface area contributed by atoms with Crippen molar-refractivity contribution < 1.29 is 4.42 Å². The molecule has 0 radical (unpaired) electrons. The van der Waals surface area contributed by atoms with Crippen LogP contribution in [0.15, 0.2) is 43.7 Å². The van der Waals surface area contributed by atoms with E-state index in [4.69, 9.17) is 4.42 Å². The second kappa shape index (κ2) is 10.2. The van der Waals surface area contributed by atoms with E-state index >= 15 is 0 Å². The maximum atomic E-state index is 5.30. The topological polar surface area (TPSA) is 49.6 Å². The van der Waals surface area contributed by atoms with Gasteiger partial charge in [-0.2, -0.15) is 0 Å². The molecule has 0 atom stereocenters. The first-order valence-electron chi connectivity index (χ1n) is 6.56. The zero-order valence-electron chi connectivity index (χ0n) is 11.8. The summed E-state index contributed by atoms with van der Waals surface area (Å²) in [5.41, 5.74) is 0. The van der Waals surface area contributed by atoms with E-state index in [2.05, 4.69) is 44.5 Å². The van der Waals surface area contributed by atoms with Gasteiger partial charge in [-0.15, -0.1) is 35.3 Å². The van der Waals surface area contributed by atoms with Crippen molar-refractivity contribution in [2.75, 3.05) is 13.1 Å². The molecule has 0 aliphatic rings. The second-order valence-corrected chi connectivity index (χ2v) is 6.70. The largest absolute Gasteiger partial charge is 0.469 e. The summed E-state index contributed by atoms with van der Waals surface area (Å²) >= 11 is 5.17. The highest BCUT2D eigenvalue weighted by Crippen LogP contribution is 2.22. The van der Waals surface area contributed by atoms with Crippen LogP contribution >= 0.6 is 51.2 Å². The van der Waals surface area contributed by atoms with E-state index in [0.29, 0.717) is 6.54 Å². The zero-order valence-corrected chi connectivity index (χ0v) is 16.5. The van der Waals surface area contributed by atoms with Gasteiger partial charge in [-0.25, -0.2) is 4.99 Å². The number of aliphatic imine (C=N–C) groups is 1. The van der Waals surface area contributed by atoms with Crippen LogP contribution in [0, 0.1) is 0 Å². The summed E-state index contributed by atoms with van der Waals surface area (Å²) < 4.78 is 6.44. The van der Waals surface area contributed by atoms with Crippen molar-refractivity contribution in [3.05, 3.63) is 45.0 Å². The fourth-order valence-corrected chi connectivity index (χ4v) is 3.10. The Morgan fingerprint density at radius 2 is 2.19 bits per heavy atom. The average Bonchev–Trinajstić information content (AvgIpc) is 3.07. The number of rotatable bonds is 6. The van der Waals surface area contributed by atoms with Gasteiger partial charge in [0.2, 0.25) is 0 Å². The van der Waals surface area contributed by atoms with Crippen LogP contribution < -0.4 is 10.6 Å². The van der Waals surface area contributed by atoms with E-state index in [0.717, 1.165) is 35.0 Å². The van der Waals surface area contributed by atoms with Gasteiger partial charge >= 0.3 is 0 Å². The first kappa shape index (κ1) is 18.5. The summed E-state index contributed by atoms with van der Waals surface area (Å²) in [4.78, 5) is 5.81. The first-order chi connectivity index (χ1) is 9.78. The number of halogens is 2. The number of nitrogens with zero attached hydrogens (tertiary/aromatic N) is 1. The lowest BCUT2D eigenvalue weighted by Crippen LogP contribution is -2.38. The van der Waals surface area contributed by atoms with Crippen molar-refractivity contribution in [3.8, 4) is 0 Å². The van der Waals surface area contributed by atoms with E-state index in [-0.39, 0.29) is 24.0 Å². The summed E-state index contributed by atoms with van der Waals surface area (Å²) in [5.74, 6) is 1.82. The minimum Gasteiger partial charge on any atom is -0.469 e. The summed E-state index contributed by atoms with van der Waals surface area (Å²) in [6.07, 6.45) is 2.55. The molecule has 2 aromatic rings. The molecular weight excluding hydrogens is 465 g/mol. The van der Waals surface area contributed by atoms with Gasteiger partial charge in [-0.05, 0) is 47.1 Å². The molecule has 0 bridgehead atoms. The lowest BCUT2D eigenvalue weighted by atomic mass is 10.3. The second-order valence-electron chi connectivity index (χ2n) is 4.16. The van der Waals surface area contributed by atoms with Crippen LogP contribution in [0.4, 0.5) is 0 Å². The molecule has 2 aromatic heterocycles. The quantitative estimate of drug-likeness (QED) is 0.370. The van der Waals surface area contributed by atoms with Crippen molar-refractivity contribution in [2.45, 2.75) is 19.9 Å². The van der Waals surface area contributed by atoms with Gasteiger partial charge in [-0.1, -0.05) is 0 Å². The number of hydrogen-bond donors (Lipinski definition) is 2. The first-order valence-corrected chi connectivity index (χ1v) is 8.17. The molecule has 2 heterocycles. The standard InChI is InChI=1S/C14H18BrN3OS.HI/c1-2-16-14(17-8-7-11-4-3-9-19-11)18-10-12-5-6-13(15)20-12;/h3-6,9H,2,7-8,10H2,1H3,(H2,16,17,18);1H. The van der Waals surface area contributed by atoms with Gasteiger partial charge in [0, 0.05) is 24.4 Å². The van der Waals surface area contributed by atoms with E-state index in [1.807, 2.05) is 18.2 Å². The van der Waals surface area contributed by atoms with Crippen LogP contribution in [-0.2, 0) is 13.0 Å². The highest BCUT2D eigenvalue weighted by atomic mass is 127. The Bertz CT molecular complexity index is 542. The van der Waals surface area contributed by atoms with Crippen molar-refractivity contribution >= 4 is 57.2 Å². The Hall–Kier alpha value is -0.540. The average molecular weight is 484 g/mol. The molecule has 0 amide bonds. The minimum atomic E-state index is 0. The SMILES string of the molecule is CCNC(=NCc1ccc(Br)s1)NCCc1ccco1.I. The molecule has 0 unspecified atom stereocenters. The summed E-state index contributed by atoms with van der Waals surface area (Å²) in [5, 5.41) is 6.55. The normalized spacial score (nSPS) is 11.0. The van der Waals surface area contributed by atoms with Crippen molar-refractivity contribution in [3.63, 3.8) is 0 Å². The molecule has 0 aromatic carbocycles. The molecule has 0 saturated carbocycles. The van der Waals surface area contributed by atoms with Crippen molar-refractivity contribution in [1.82, 2.24) is 10.6 Å². The Morgan fingerprint density at radius 3 is 2.81 bits per heavy atom. The Balaban J connectivity index is 0.00000220. The molecule has 0 saturated heterocycles. The molecule has 116 valence electrons. The highest BCUT2D eigenvalue weighted by molar-refractivity contribution is 14.0. The molecule has 0 fully saturated rings. The van der Waals surface area contributed by atoms with E-state index in [1.54, 1.807) is 17.6 Å². The number of nitrogens with one attached hydrogen (secondary N) is 2. The third-order valence-electron chi connectivity index (χ3n) is 2.61. The highest BCUT2D eigenvalue weighted by Gasteiger charge is 2.01. The molecule has 4 nitrogen and oxygen atoms in total. The maximum Gasteiger partial charge on any atom is 0.191 e. The van der Waals surface area contributed by atoms with Gasteiger partial charge < -0.3 is 15.1 Å². The lowest BCUT2D eigenvalue weighted by molar-refractivity contribution is 0.507. The molecule has 7 heteroatoms. The smallest absolute Gasteiger partial charge is 0.191 e. The number of hydrogen-bond acceptors (Lipinski definition) is 3. The molecule has 0 spiro atoms. The Kier molecular flexibility index (Phi) is 9.02.